The first-order valence-corrected chi connectivity index (χ1v) is 12.2. The molecule has 0 atom stereocenters. The molecule has 0 spiro atoms. The number of aromatic nitrogens is 2. The van der Waals surface area contributed by atoms with E-state index in [2.05, 4.69) is 14.5 Å². The lowest BCUT2D eigenvalue weighted by Gasteiger charge is -2.15. The number of aryl methyl sites for hydroxylation is 2. The summed E-state index contributed by atoms with van der Waals surface area (Å²) < 4.78 is 56.0. The average molecular weight is 481 g/mol. The summed E-state index contributed by atoms with van der Waals surface area (Å²) in [5.74, 6) is 0. The van der Waals surface area contributed by atoms with E-state index in [1.165, 1.54) is 18.2 Å². The van der Waals surface area contributed by atoms with Gasteiger partial charge >= 0.3 is 10.2 Å². The second-order valence-electron chi connectivity index (χ2n) is 5.73. The number of sulfonamides is 1. The molecule has 0 fully saturated rings. The van der Waals surface area contributed by atoms with Crippen molar-refractivity contribution in [2.24, 2.45) is 0 Å². The minimum absolute atomic E-state index is 0.0480. The molecule has 2 N–H and O–H groups in total. The fourth-order valence-corrected chi connectivity index (χ4v) is 5.95. The third kappa shape index (κ3) is 4.28. The van der Waals surface area contributed by atoms with Gasteiger partial charge in [-0.25, -0.2) is 8.42 Å². The van der Waals surface area contributed by atoms with E-state index in [1.54, 1.807) is 31.4 Å². The van der Waals surface area contributed by atoms with Crippen molar-refractivity contribution < 1.29 is 16.8 Å². The van der Waals surface area contributed by atoms with Crippen LogP contribution in [0.15, 0.2) is 39.9 Å². The van der Waals surface area contributed by atoms with Gasteiger partial charge in [-0.15, -0.1) is 15.4 Å². The van der Waals surface area contributed by atoms with Gasteiger partial charge in [-0.3, -0.25) is 9.44 Å². The summed E-state index contributed by atoms with van der Waals surface area (Å²) in [5.41, 5.74) is 0.719. The molecule has 8 nitrogen and oxygen atoms in total. The van der Waals surface area contributed by atoms with Gasteiger partial charge in [0, 0.05) is 0 Å². The number of halogens is 2. The summed E-state index contributed by atoms with van der Waals surface area (Å²) >= 11 is 13.0. The van der Waals surface area contributed by atoms with Crippen LogP contribution in [0.3, 0.4) is 0 Å². The molecule has 0 unspecified atom stereocenters. The van der Waals surface area contributed by atoms with Crippen LogP contribution in [0.1, 0.15) is 11.4 Å². The molecule has 1 aromatic carbocycles. The zero-order valence-corrected chi connectivity index (χ0v) is 18.4. The fourth-order valence-electron chi connectivity index (χ4n) is 2.36. The topological polar surface area (TPSA) is 110 Å². The van der Waals surface area contributed by atoms with Crippen LogP contribution in [0.2, 0.25) is 10.0 Å². The highest BCUT2D eigenvalue weighted by Gasteiger charge is 2.23. The summed E-state index contributed by atoms with van der Waals surface area (Å²) in [5, 5.41) is 5.64. The van der Waals surface area contributed by atoms with Gasteiger partial charge in [0.15, 0.2) is 0 Å². The largest absolute Gasteiger partial charge is 0.343 e. The summed E-state index contributed by atoms with van der Waals surface area (Å²) in [6.45, 7) is 3.23. The number of rotatable bonds is 6. The normalized spacial score (nSPS) is 12.1. The van der Waals surface area contributed by atoms with Crippen LogP contribution in [0.4, 0.5) is 11.4 Å². The highest BCUT2D eigenvalue weighted by molar-refractivity contribution is 7.94. The van der Waals surface area contributed by atoms with Crippen LogP contribution in [0.25, 0.3) is 0 Å². The highest BCUT2D eigenvalue weighted by atomic mass is 35.5. The van der Waals surface area contributed by atoms with Crippen LogP contribution in [0.5, 0.6) is 0 Å². The van der Waals surface area contributed by atoms with Gasteiger partial charge in [-0.05, 0) is 43.5 Å². The lowest BCUT2D eigenvalue weighted by molar-refractivity contribution is 0.583. The molecule has 3 aromatic rings. The van der Waals surface area contributed by atoms with E-state index in [-0.39, 0.29) is 25.6 Å². The van der Waals surface area contributed by atoms with Crippen LogP contribution >= 0.6 is 34.5 Å². The Kier molecular flexibility index (Phi) is 5.65. The Bertz CT molecular complexity index is 1240. The Hall–Kier alpha value is -1.79. The molecule has 0 radical (unpaired) electrons. The second-order valence-corrected chi connectivity index (χ2v) is 10.9. The maximum Gasteiger partial charge on any atom is 0.343 e. The van der Waals surface area contributed by atoms with E-state index in [9.17, 15) is 16.8 Å². The molecule has 0 aliphatic carbocycles. The van der Waals surface area contributed by atoms with E-state index in [4.69, 9.17) is 23.2 Å². The van der Waals surface area contributed by atoms with E-state index in [1.807, 2.05) is 0 Å². The Morgan fingerprint density at radius 2 is 1.61 bits per heavy atom. The fraction of sp³-hybridized carbons (Fsp3) is 0.133. The molecule has 150 valence electrons. The first-order valence-electron chi connectivity index (χ1n) is 7.61. The zero-order valence-electron chi connectivity index (χ0n) is 14.5. The smallest absolute Gasteiger partial charge is 0.277 e. The minimum atomic E-state index is -4.16. The lowest BCUT2D eigenvalue weighted by atomic mass is 10.3. The quantitative estimate of drug-likeness (QED) is 0.556. The average Bonchev–Trinajstić information content (AvgIpc) is 3.22. The molecule has 0 amide bonds. The Balaban J connectivity index is 2.04. The van der Waals surface area contributed by atoms with Gasteiger partial charge in [-0.1, -0.05) is 29.3 Å². The highest BCUT2D eigenvalue weighted by Crippen LogP contribution is 2.35. The van der Waals surface area contributed by atoms with Crippen molar-refractivity contribution in [3.63, 3.8) is 0 Å². The number of benzene rings is 1. The molecular formula is C15H14Cl2N4O4S3. The van der Waals surface area contributed by atoms with Crippen molar-refractivity contribution in [1.29, 1.82) is 0 Å². The van der Waals surface area contributed by atoms with Gasteiger partial charge < -0.3 is 0 Å². The van der Waals surface area contributed by atoms with Crippen molar-refractivity contribution >= 4 is 66.1 Å². The molecule has 0 saturated heterocycles. The molecule has 0 aliphatic rings. The third-order valence-corrected chi connectivity index (χ3v) is 8.29. The van der Waals surface area contributed by atoms with Crippen molar-refractivity contribution in [2.75, 3.05) is 9.44 Å². The molecule has 0 saturated carbocycles. The monoisotopic (exact) mass is 480 g/mol. The summed E-state index contributed by atoms with van der Waals surface area (Å²) in [7, 11) is -8.10. The molecule has 2 aromatic heterocycles. The van der Waals surface area contributed by atoms with Gasteiger partial charge in [-0.2, -0.15) is 13.5 Å². The standard InChI is InChI=1S/C15H14Cl2N4O4S3/c1-9-6-10(2)21(18-9)28(24,25)20-14-8-12(17)11(16)7-13(14)19-27(22,23)15-4-3-5-26-15/h3-8,19-20H,1-2H3. The van der Waals surface area contributed by atoms with Gasteiger partial charge in [0.25, 0.3) is 10.0 Å². The van der Waals surface area contributed by atoms with E-state index >= 15 is 0 Å². The van der Waals surface area contributed by atoms with Crippen molar-refractivity contribution in [3.05, 3.63) is 57.1 Å². The first-order chi connectivity index (χ1) is 13.0. The minimum Gasteiger partial charge on any atom is -0.277 e. The second kappa shape index (κ2) is 7.56. The van der Waals surface area contributed by atoms with E-state index < -0.39 is 20.2 Å². The predicted molar refractivity (Wildman–Crippen MR) is 111 cm³/mol. The van der Waals surface area contributed by atoms with Gasteiger partial charge in [0.1, 0.15) is 4.21 Å². The van der Waals surface area contributed by atoms with E-state index in [0.717, 1.165) is 15.4 Å². The van der Waals surface area contributed by atoms with Gasteiger partial charge in [0.2, 0.25) is 0 Å². The molecule has 28 heavy (non-hydrogen) atoms. The maximum atomic E-state index is 12.7. The molecule has 0 bridgehead atoms. The Morgan fingerprint density at radius 3 is 2.11 bits per heavy atom. The molecular weight excluding hydrogens is 467 g/mol. The van der Waals surface area contributed by atoms with Crippen LogP contribution in [0, 0.1) is 13.8 Å². The summed E-state index contributed by atoms with van der Waals surface area (Å²) in [6.07, 6.45) is 0. The van der Waals surface area contributed by atoms with Crippen molar-refractivity contribution in [1.82, 2.24) is 9.19 Å². The molecule has 2 heterocycles. The molecule has 3 rings (SSSR count). The van der Waals surface area contributed by atoms with Crippen LogP contribution in [-0.2, 0) is 20.2 Å². The number of nitrogens with one attached hydrogen (secondary N) is 2. The van der Waals surface area contributed by atoms with Crippen molar-refractivity contribution in [2.45, 2.75) is 18.1 Å². The van der Waals surface area contributed by atoms with E-state index in [0.29, 0.717) is 11.4 Å². The number of hydrogen-bond donors (Lipinski definition) is 2. The third-order valence-electron chi connectivity index (χ3n) is 3.50. The number of nitrogens with zero attached hydrogens (tertiary/aromatic N) is 2. The van der Waals surface area contributed by atoms with Crippen LogP contribution in [-0.4, -0.2) is 26.0 Å². The lowest BCUT2D eigenvalue weighted by Crippen LogP contribution is -2.25. The Labute approximate surface area is 176 Å². The SMILES string of the molecule is Cc1cc(C)n(S(=O)(=O)Nc2cc(Cl)c(Cl)cc2NS(=O)(=O)c2cccs2)n1. The maximum absolute atomic E-state index is 12.7. The predicted octanol–water partition coefficient (Wildman–Crippen LogP) is 3.87. The summed E-state index contributed by atoms with van der Waals surface area (Å²) in [4.78, 5) is 0. The first kappa shape index (κ1) is 20.9. The zero-order chi connectivity index (χ0) is 20.7. The van der Waals surface area contributed by atoms with Gasteiger partial charge in [0.05, 0.1) is 32.8 Å². The number of anilines is 2. The Morgan fingerprint density at radius 1 is 1.00 bits per heavy atom. The number of thiophene rings is 1. The summed E-state index contributed by atoms with van der Waals surface area (Å²) in [6, 6.07) is 7.05. The number of hydrogen-bond acceptors (Lipinski definition) is 6. The molecule has 0 aliphatic heterocycles. The van der Waals surface area contributed by atoms with Crippen molar-refractivity contribution in [3.8, 4) is 0 Å². The molecule has 13 heteroatoms. The van der Waals surface area contributed by atoms with Crippen LogP contribution < -0.4 is 9.44 Å².